The first kappa shape index (κ1) is 20.6. The average molecular weight is 385 g/mol. The Hall–Kier alpha value is -2.17. The summed E-state index contributed by atoms with van der Waals surface area (Å²) in [5.74, 6) is -0.263. The van der Waals surface area contributed by atoms with E-state index in [4.69, 9.17) is 4.99 Å². The number of fused-ring (bicyclic) bond motifs is 1. The van der Waals surface area contributed by atoms with E-state index in [9.17, 15) is 14.7 Å². The number of aliphatic carboxylic acids is 1. The lowest BCUT2D eigenvalue weighted by atomic mass is 9.78. The molecule has 3 rings (SSSR count). The van der Waals surface area contributed by atoms with Crippen LogP contribution in [-0.2, 0) is 16.0 Å². The zero-order valence-corrected chi connectivity index (χ0v) is 16.9. The molecule has 5 heteroatoms. The second-order valence-electron chi connectivity index (χ2n) is 8.14. The molecule has 0 spiro atoms. The number of carboxylic acid groups (broad SMARTS) is 1. The Labute approximate surface area is 167 Å². The summed E-state index contributed by atoms with van der Waals surface area (Å²) < 4.78 is 0. The normalized spacial score (nSPS) is 21.8. The lowest BCUT2D eigenvalue weighted by Gasteiger charge is -2.39. The Kier molecular flexibility index (Phi) is 7.24. The highest BCUT2D eigenvalue weighted by atomic mass is 16.4. The van der Waals surface area contributed by atoms with Crippen LogP contribution in [0.15, 0.2) is 29.3 Å². The number of rotatable bonds is 8. The van der Waals surface area contributed by atoms with Gasteiger partial charge in [0, 0.05) is 38.2 Å². The van der Waals surface area contributed by atoms with Crippen molar-refractivity contribution in [3.05, 3.63) is 35.4 Å². The molecule has 5 nitrogen and oxygen atoms in total. The topological polar surface area (TPSA) is 70.0 Å². The first-order valence-corrected chi connectivity index (χ1v) is 10.7. The maximum absolute atomic E-state index is 12.6. The third-order valence-corrected chi connectivity index (χ3v) is 6.14. The predicted octanol–water partition coefficient (Wildman–Crippen LogP) is 3.94. The van der Waals surface area contributed by atoms with Crippen molar-refractivity contribution in [2.24, 2.45) is 16.8 Å². The summed E-state index contributed by atoms with van der Waals surface area (Å²) in [7, 11) is 0. The Balaban J connectivity index is 1.71. The molecular weight excluding hydrogens is 352 g/mol. The first-order valence-electron chi connectivity index (χ1n) is 10.7. The van der Waals surface area contributed by atoms with Crippen LogP contribution in [0.3, 0.4) is 0 Å². The van der Waals surface area contributed by atoms with Gasteiger partial charge in [0.1, 0.15) is 0 Å². The van der Waals surface area contributed by atoms with E-state index in [-0.39, 0.29) is 24.2 Å². The number of aliphatic imine (C=N–C) groups is 1. The van der Waals surface area contributed by atoms with E-state index in [0.717, 1.165) is 50.8 Å². The standard InChI is InChI=1S/C23H32N2O3/c1-2-3-4-9-22(26)25-13-11-18(15-23(27)28)19(16-25)14-21-20-8-6-5-7-17(20)10-12-24-21/h5-8,18-19H,2-4,9-16H2,1H3,(H,27,28)/t18-,19-/m0/s1. The molecule has 1 amide bonds. The minimum Gasteiger partial charge on any atom is -0.481 e. The number of hydrogen-bond acceptors (Lipinski definition) is 3. The van der Waals surface area contributed by atoms with E-state index in [1.165, 1.54) is 11.1 Å². The SMILES string of the molecule is CCCCCC(=O)N1CC[C@@H](CC(=O)O)[C@@H](CC2=NCCc3ccccc32)C1. The summed E-state index contributed by atoms with van der Waals surface area (Å²) in [5, 5.41) is 9.35. The zero-order valence-electron chi connectivity index (χ0n) is 16.9. The highest BCUT2D eigenvalue weighted by Crippen LogP contribution is 2.32. The van der Waals surface area contributed by atoms with Crippen LogP contribution in [0.4, 0.5) is 0 Å². The van der Waals surface area contributed by atoms with Gasteiger partial charge in [0.15, 0.2) is 0 Å². The van der Waals surface area contributed by atoms with Gasteiger partial charge in [-0.2, -0.15) is 0 Å². The molecule has 1 fully saturated rings. The summed E-state index contributed by atoms with van der Waals surface area (Å²) in [5.41, 5.74) is 3.61. The number of carboxylic acids is 1. The van der Waals surface area contributed by atoms with Crippen LogP contribution in [0, 0.1) is 11.8 Å². The van der Waals surface area contributed by atoms with Crippen molar-refractivity contribution in [3.63, 3.8) is 0 Å². The third kappa shape index (κ3) is 5.21. The molecule has 1 saturated heterocycles. The number of benzene rings is 1. The van der Waals surface area contributed by atoms with Gasteiger partial charge in [-0.3, -0.25) is 14.6 Å². The molecule has 0 unspecified atom stereocenters. The monoisotopic (exact) mass is 384 g/mol. The van der Waals surface area contributed by atoms with Crippen LogP contribution < -0.4 is 0 Å². The quantitative estimate of drug-likeness (QED) is 0.690. The van der Waals surface area contributed by atoms with E-state index in [1.807, 2.05) is 11.0 Å². The van der Waals surface area contributed by atoms with Crippen LogP contribution >= 0.6 is 0 Å². The number of unbranched alkanes of at least 4 members (excludes halogenated alkanes) is 2. The van der Waals surface area contributed by atoms with E-state index in [0.29, 0.717) is 19.5 Å². The van der Waals surface area contributed by atoms with Gasteiger partial charge < -0.3 is 10.0 Å². The lowest BCUT2D eigenvalue weighted by Crippen LogP contribution is -2.45. The summed E-state index contributed by atoms with van der Waals surface area (Å²) in [6, 6.07) is 8.38. The van der Waals surface area contributed by atoms with Gasteiger partial charge in [-0.25, -0.2) is 0 Å². The van der Waals surface area contributed by atoms with E-state index < -0.39 is 5.97 Å². The van der Waals surface area contributed by atoms with Crippen molar-refractivity contribution >= 4 is 17.6 Å². The molecule has 1 aromatic rings. The van der Waals surface area contributed by atoms with E-state index >= 15 is 0 Å². The second-order valence-corrected chi connectivity index (χ2v) is 8.14. The molecule has 0 saturated carbocycles. The van der Waals surface area contributed by atoms with Gasteiger partial charge in [0.2, 0.25) is 5.91 Å². The Bertz CT molecular complexity index is 728. The van der Waals surface area contributed by atoms with Gasteiger partial charge in [-0.05, 0) is 48.6 Å². The first-order chi connectivity index (χ1) is 13.6. The number of piperidine rings is 1. The number of likely N-dealkylation sites (tertiary alicyclic amines) is 1. The minimum absolute atomic E-state index is 0.106. The molecule has 1 aromatic carbocycles. The van der Waals surface area contributed by atoms with Crippen molar-refractivity contribution < 1.29 is 14.7 Å². The smallest absolute Gasteiger partial charge is 0.303 e. The van der Waals surface area contributed by atoms with Crippen molar-refractivity contribution in [1.29, 1.82) is 0 Å². The largest absolute Gasteiger partial charge is 0.481 e. The number of hydrogen-bond donors (Lipinski definition) is 1. The van der Waals surface area contributed by atoms with Gasteiger partial charge in [0.25, 0.3) is 0 Å². The molecule has 152 valence electrons. The fraction of sp³-hybridized carbons (Fsp3) is 0.609. The molecule has 0 radical (unpaired) electrons. The summed E-state index contributed by atoms with van der Waals surface area (Å²) in [6.45, 7) is 4.27. The lowest BCUT2D eigenvalue weighted by molar-refractivity contribution is -0.139. The van der Waals surface area contributed by atoms with E-state index in [1.54, 1.807) is 0 Å². The van der Waals surface area contributed by atoms with Crippen LogP contribution in [0.1, 0.15) is 63.0 Å². The average Bonchev–Trinajstić information content (AvgIpc) is 2.69. The third-order valence-electron chi connectivity index (χ3n) is 6.14. The highest BCUT2D eigenvalue weighted by molar-refractivity contribution is 6.02. The maximum Gasteiger partial charge on any atom is 0.303 e. The minimum atomic E-state index is -0.747. The van der Waals surface area contributed by atoms with Crippen LogP contribution in [0.5, 0.6) is 0 Å². The summed E-state index contributed by atoms with van der Waals surface area (Å²) in [6.07, 6.45) is 6.40. The van der Waals surface area contributed by atoms with Crippen molar-refractivity contribution in [1.82, 2.24) is 4.90 Å². The van der Waals surface area contributed by atoms with Crippen LogP contribution in [-0.4, -0.2) is 47.2 Å². The van der Waals surface area contributed by atoms with Crippen LogP contribution in [0.2, 0.25) is 0 Å². The van der Waals surface area contributed by atoms with Gasteiger partial charge in [-0.1, -0.05) is 44.0 Å². The number of carbonyl (C=O) groups excluding carboxylic acids is 1. The Morgan fingerprint density at radius 3 is 2.82 bits per heavy atom. The van der Waals surface area contributed by atoms with Crippen molar-refractivity contribution in [2.45, 2.75) is 58.3 Å². The van der Waals surface area contributed by atoms with Gasteiger partial charge in [0.05, 0.1) is 0 Å². The zero-order chi connectivity index (χ0) is 19.9. The Morgan fingerprint density at radius 2 is 2.04 bits per heavy atom. The molecule has 2 atom stereocenters. The summed E-state index contributed by atoms with van der Waals surface area (Å²) in [4.78, 5) is 30.7. The molecule has 2 aliphatic heterocycles. The fourth-order valence-electron chi connectivity index (χ4n) is 4.56. The number of carbonyl (C=O) groups is 2. The molecule has 1 N–H and O–H groups in total. The van der Waals surface area contributed by atoms with Gasteiger partial charge in [-0.15, -0.1) is 0 Å². The second kappa shape index (κ2) is 9.85. The predicted molar refractivity (Wildman–Crippen MR) is 111 cm³/mol. The summed E-state index contributed by atoms with van der Waals surface area (Å²) >= 11 is 0. The molecule has 2 heterocycles. The number of nitrogens with zero attached hydrogens (tertiary/aromatic N) is 2. The van der Waals surface area contributed by atoms with Crippen molar-refractivity contribution in [2.75, 3.05) is 19.6 Å². The van der Waals surface area contributed by atoms with Crippen molar-refractivity contribution in [3.8, 4) is 0 Å². The fourth-order valence-corrected chi connectivity index (χ4v) is 4.56. The number of amides is 1. The molecule has 0 aliphatic carbocycles. The molecule has 2 aliphatic rings. The van der Waals surface area contributed by atoms with Gasteiger partial charge >= 0.3 is 5.97 Å². The van der Waals surface area contributed by atoms with Crippen LogP contribution in [0.25, 0.3) is 0 Å². The molecule has 0 bridgehead atoms. The van der Waals surface area contributed by atoms with E-state index in [2.05, 4.69) is 25.1 Å². The molecular formula is C23H32N2O3. The molecule has 28 heavy (non-hydrogen) atoms. The highest BCUT2D eigenvalue weighted by Gasteiger charge is 2.34. The Morgan fingerprint density at radius 1 is 1.21 bits per heavy atom. The maximum atomic E-state index is 12.6. The molecule has 0 aromatic heterocycles.